The molecule has 1 atom stereocenters. The highest BCUT2D eigenvalue weighted by atomic mass is 35.5. The van der Waals surface area contributed by atoms with E-state index in [0.29, 0.717) is 13.2 Å². The Morgan fingerprint density at radius 3 is 2.78 bits per heavy atom. The Kier molecular flexibility index (Phi) is 7.25. The molecule has 102 valence electrons. The lowest BCUT2D eigenvalue weighted by Gasteiger charge is -2.18. The molecule has 0 aromatic heterocycles. The van der Waals surface area contributed by atoms with Crippen molar-refractivity contribution >= 4 is 11.6 Å². The average Bonchev–Trinajstić information content (AvgIpc) is 2.37. The van der Waals surface area contributed by atoms with Gasteiger partial charge in [-0.15, -0.1) is 0 Å². The summed E-state index contributed by atoms with van der Waals surface area (Å²) in [6, 6.07) is 5.17. The van der Waals surface area contributed by atoms with Crippen molar-refractivity contribution in [3.8, 4) is 0 Å². The molecule has 0 spiro atoms. The summed E-state index contributed by atoms with van der Waals surface area (Å²) in [4.78, 5) is 0. The summed E-state index contributed by atoms with van der Waals surface area (Å²) < 4.78 is 18.8. The molecule has 4 heteroatoms. The Morgan fingerprint density at radius 2 is 2.17 bits per heavy atom. The number of nitrogens with one attached hydrogen (secondary N) is 1. The second-order valence-electron chi connectivity index (χ2n) is 4.26. The largest absolute Gasteiger partial charge is 0.380 e. The molecule has 1 N–H and O–H groups in total. The smallest absolute Gasteiger partial charge is 0.142 e. The van der Waals surface area contributed by atoms with Gasteiger partial charge in [0.15, 0.2) is 0 Å². The van der Waals surface area contributed by atoms with Gasteiger partial charge in [-0.25, -0.2) is 4.39 Å². The van der Waals surface area contributed by atoms with E-state index in [1.165, 1.54) is 6.07 Å². The zero-order chi connectivity index (χ0) is 13.4. The van der Waals surface area contributed by atoms with E-state index in [1.54, 1.807) is 6.07 Å². The van der Waals surface area contributed by atoms with E-state index in [0.717, 1.165) is 24.9 Å². The maximum absolute atomic E-state index is 13.4. The predicted octanol–water partition coefficient (Wildman–Crippen LogP) is 3.43. The first kappa shape index (κ1) is 15.4. The van der Waals surface area contributed by atoms with Crippen molar-refractivity contribution in [3.63, 3.8) is 0 Å². The van der Waals surface area contributed by atoms with Gasteiger partial charge < -0.3 is 10.1 Å². The summed E-state index contributed by atoms with van der Waals surface area (Å²) in [6.45, 7) is 6.36. The molecule has 0 heterocycles. The van der Waals surface area contributed by atoms with Gasteiger partial charge in [0.05, 0.1) is 11.6 Å². The van der Waals surface area contributed by atoms with Crippen molar-refractivity contribution in [2.75, 3.05) is 19.8 Å². The lowest BCUT2D eigenvalue weighted by Crippen LogP contribution is -2.36. The van der Waals surface area contributed by atoms with Crippen molar-refractivity contribution in [2.45, 2.75) is 32.7 Å². The monoisotopic (exact) mass is 273 g/mol. The van der Waals surface area contributed by atoms with Crippen LogP contribution in [0.1, 0.15) is 25.8 Å². The molecule has 0 radical (unpaired) electrons. The predicted molar refractivity (Wildman–Crippen MR) is 73.7 cm³/mol. The van der Waals surface area contributed by atoms with Crippen LogP contribution in [-0.2, 0) is 11.2 Å². The van der Waals surface area contributed by atoms with Gasteiger partial charge in [0, 0.05) is 12.6 Å². The average molecular weight is 274 g/mol. The third-order valence-electron chi connectivity index (χ3n) is 2.67. The Balaban J connectivity index is 2.59. The number of hydrogen-bond donors (Lipinski definition) is 1. The quantitative estimate of drug-likeness (QED) is 0.784. The van der Waals surface area contributed by atoms with Crippen LogP contribution in [0.5, 0.6) is 0 Å². The fourth-order valence-electron chi connectivity index (χ4n) is 1.75. The first-order valence-electron chi connectivity index (χ1n) is 6.42. The summed E-state index contributed by atoms with van der Waals surface area (Å²) >= 11 is 5.67. The van der Waals surface area contributed by atoms with Crippen LogP contribution >= 0.6 is 11.6 Å². The van der Waals surface area contributed by atoms with Crippen molar-refractivity contribution in [3.05, 3.63) is 34.6 Å². The highest BCUT2D eigenvalue weighted by Gasteiger charge is 2.10. The van der Waals surface area contributed by atoms with Crippen LogP contribution in [0, 0.1) is 5.82 Å². The van der Waals surface area contributed by atoms with Crippen molar-refractivity contribution in [2.24, 2.45) is 0 Å². The maximum Gasteiger partial charge on any atom is 0.142 e. The maximum atomic E-state index is 13.4. The van der Waals surface area contributed by atoms with E-state index in [4.69, 9.17) is 16.3 Å². The zero-order valence-corrected chi connectivity index (χ0v) is 11.8. The van der Waals surface area contributed by atoms with Crippen molar-refractivity contribution in [1.82, 2.24) is 5.32 Å². The second kappa shape index (κ2) is 8.46. The minimum Gasteiger partial charge on any atom is -0.380 e. The number of halogens is 2. The Morgan fingerprint density at radius 1 is 1.39 bits per heavy atom. The van der Waals surface area contributed by atoms with E-state index >= 15 is 0 Å². The Labute approximate surface area is 113 Å². The number of benzene rings is 1. The molecule has 1 aromatic rings. The molecule has 0 aliphatic carbocycles. The van der Waals surface area contributed by atoms with Crippen LogP contribution in [0.2, 0.25) is 5.02 Å². The molecule has 0 saturated heterocycles. The SMILES string of the molecule is CCCNC(COCC)Cc1ccc(Cl)c(F)c1. The van der Waals surface area contributed by atoms with Crippen LogP contribution in [0.15, 0.2) is 18.2 Å². The first-order valence-corrected chi connectivity index (χ1v) is 6.80. The summed E-state index contributed by atoms with van der Waals surface area (Å²) in [5.74, 6) is -0.361. The molecule has 2 nitrogen and oxygen atoms in total. The zero-order valence-electron chi connectivity index (χ0n) is 11.0. The van der Waals surface area contributed by atoms with Gasteiger partial charge in [0.2, 0.25) is 0 Å². The lowest BCUT2D eigenvalue weighted by atomic mass is 10.1. The molecule has 1 aromatic carbocycles. The summed E-state index contributed by atoms with van der Waals surface area (Å²) in [7, 11) is 0. The molecule has 0 fully saturated rings. The Hall–Kier alpha value is -0.640. The van der Waals surface area contributed by atoms with Crippen LogP contribution < -0.4 is 5.32 Å². The highest BCUT2D eigenvalue weighted by Crippen LogP contribution is 2.16. The van der Waals surface area contributed by atoms with E-state index in [1.807, 2.05) is 13.0 Å². The molecule has 18 heavy (non-hydrogen) atoms. The van der Waals surface area contributed by atoms with Gasteiger partial charge >= 0.3 is 0 Å². The van der Waals surface area contributed by atoms with Gasteiger partial charge in [-0.1, -0.05) is 24.6 Å². The second-order valence-corrected chi connectivity index (χ2v) is 4.67. The molecule has 1 unspecified atom stereocenters. The van der Waals surface area contributed by atoms with E-state index in [9.17, 15) is 4.39 Å². The fourth-order valence-corrected chi connectivity index (χ4v) is 1.87. The molecule has 0 aliphatic rings. The molecule has 0 bridgehead atoms. The van der Waals surface area contributed by atoms with Crippen molar-refractivity contribution < 1.29 is 9.13 Å². The van der Waals surface area contributed by atoms with Crippen LogP contribution in [-0.4, -0.2) is 25.8 Å². The van der Waals surface area contributed by atoms with Crippen LogP contribution in [0.25, 0.3) is 0 Å². The van der Waals surface area contributed by atoms with E-state index in [-0.39, 0.29) is 16.9 Å². The van der Waals surface area contributed by atoms with Gasteiger partial charge in [0.1, 0.15) is 5.82 Å². The van der Waals surface area contributed by atoms with Gasteiger partial charge in [-0.3, -0.25) is 0 Å². The third kappa shape index (κ3) is 5.34. The number of ether oxygens (including phenoxy) is 1. The van der Waals surface area contributed by atoms with Crippen molar-refractivity contribution in [1.29, 1.82) is 0 Å². The molecule has 0 aliphatic heterocycles. The number of rotatable bonds is 8. The minimum absolute atomic E-state index is 0.168. The van der Waals surface area contributed by atoms with Gasteiger partial charge in [-0.05, 0) is 44.0 Å². The van der Waals surface area contributed by atoms with Gasteiger partial charge in [0.25, 0.3) is 0 Å². The topological polar surface area (TPSA) is 21.3 Å². The van der Waals surface area contributed by atoms with Crippen LogP contribution in [0.4, 0.5) is 4.39 Å². The molecule has 0 saturated carbocycles. The van der Waals surface area contributed by atoms with Crippen LogP contribution in [0.3, 0.4) is 0 Å². The fraction of sp³-hybridized carbons (Fsp3) is 0.571. The summed E-state index contributed by atoms with van der Waals surface area (Å²) in [5.41, 5.74) is 0.935. The minimum atomic E-state index is -0.361. The summed E-state index contributed by atoms with van der Waals surface area (Å²) in [5, 5.41) is 3.57. The molecular formula is C14H21ClFNO. The van der Waals surface area contributed by atoms with E-state index < -0.39 is 0 Å². The lowest BCUT2D eigenvalue weighted by molar-refractivity contribution is 0.122. The third-order valence-corrected chi connectivity index (χ3v) is 2.98. The van der Waals surface area contributed by atoms with E-state index in [2.05, 4.69) is 12.2 Å². The normalized spacial score (nSPS) is 12.7. The van der Waals surface area contributed by atoms with Gasteiger partial charge in [-0.2, -0.15) is 0 Å². The standard InChI is InChI=1S/C14H21ClFNO/c1-3-7-17-12(10-18-4-2)8-11-5-6-13(15)14(16)9-11/h5-6,9,12,17H,3-4,7-8,10H2,1-2H3. The summed E-state index contributed by atoms with van der Waals surface area (Å²) in [6.07, 6.45) is 1.81. The molecule has 1 rings (SSSR count). The highest BCUT2D eigenvalue weighted by molar-refractivity contribution is 6.30. The molecule has 0 amide bonds. The molecular weight excluding hydrogens is 253 g/mol. The number of hydrogen-bond acceptors (Lipinski definition) is 2. The Bertz CT molecular complexity index is 352. The first-order chi connectivity index (χ1) is 8.67.